The molecule has 8 nitrogen and oxygen atoms in total. The van der Waals surface area contributed by atoms with E-state index in [0.29, 0.717) is 0 Å². The summed E-state index contributed by atoms with van der Waals surface area (Å²) in [7, 11) is -4.17. The fraction of sp³-hybridized carbons (Fsp3) is 0.462. The van der Waals surface area contributed by atoms with E-state index in [9.17, 15) is 23.3 Å². The Morgan fingerprint density at radius 2 is 2.00 bits per heavy atom. The average molecular weight is 330 g/mol. The van der Waals surface area contributed by atoms with E-state index in [0.717, 1.165) is 0 Å². The van der Waals surface area contributed by atoms with Crippen molar-refractivity contribution >= 4 is 21.7 Å². The number of hydrogen-bond donors (Lipinski definition) is 2. The zero-order valence-electron chi connectivity index (χ0n) is 12.4. The maximum Gasteiger partial charge on any atom is 0.321 e. The van der Waals surface area contributed by atoms with Crippen molar-refractivity contribution < 1.29 is 23.2 Å². The topological polar surface area (TPSA) is 127 Å². The highest BCUT2D eigenvalue weighted by Gasteiger charge is 2.29. The summed E-state index contributed by atoms with van der Waals surface area (Å²) in [5.41, 5.74) is -0.368. The molecule has 0 amide bonds. The molecule has 0 aliphatic carbocycles. The second-order valence-corrected chi connectivity index (χ2v) is 6.98. The van der Waals surface area contributed by atoms with E-state index in [1.165, 1.54) is 25.1 Å². The minimum Gasteiger partial charge on any atom is -0.480 e. The predicted molar refractivity (Wildman–Crippen MR) is 79.0 cm³/mol. The van der Waals surface area contributed by atoms with Crippen molar-refractivity contribution in [2.45, 2.75) is 38.1 Å². The number of nitrogens with one attached hydrogen (secondary N) is 1. The van der Waals surface area contributed by atoms with Gasteiger partial charge >= 0.3 is 5.97 Å². The van der Waals surface area contributed by atoms with Crippen molar-refractivity contribution in [1.29, 1.82) is 0 Å². The summed E-state index contributed by atoms with van der Waals surface area (Å²) in [5, 5.41) is 20.0. The van der Waals surface area contributed by atoms with E-state index < -0.39 is 27.0 Å². The summed E-state index contributed by atoms with van der Waals surface area (Å²) in [4.78, 5) is 21.1. The predicted octanol–water partition coefficient (Wildman–Crippen LogP) is 1.68. The molecule has 1 rings (SSSR count). The van der Waals surface area contributed by atoms with Crippen LogP contribution in [0.15, 0.2) is 23.1 Å². The molecule has 9 heteroatoms. The van der Waals surface area contributed by atoms with E-state index in [1.807, 2.05) is 0 Å². The van der Waals surface area contributed by atoms with E-state index >= 15 is 0 Å². The molecule has 2 N–H and O–H groups in total. The third-order valence-electron chi connectivity index (χ3n) is 3.04. The van der Waals surface area contributed by atoms with Gasteiger partial charge in [-0.05, 0) is 25.3 Å². The van der Waals surface area contributed by atoms with Gasteiger partial charge in [-0.1, -0.05) is 19.9 Å². The minimum atomic E-state index is -4.17. The first-order chi connectivity index (χ1) is 10.1. The van der Waals surface area contributed by atoms with Crippen molar-refractivity contribution in [2.75, 3.05) is 0 Å². The number of nitro benzene ring substituents is 1. The first-order valence-electron chi connectivity index (χ1n) is 6.55. The largest absolute Gasteiger partial charge is 0.480 e. The number of carboxylic acids is 1. The number of sulfonamides is 1. The summed E-state index contributed by atoms with van der Waals surface area (Å²) in [6.07, 6.45) is 0.114. The number of hydrogen-bond acceptors (Lipinski definition) is 5. The first-order valence-corrected chi connectivity index (χ1v) is 8.03. The van der Waals surface area contributed by atoms with Gasteiger partial charge in [0.15, 0.2) is 0 Å². The lowest BCUT2D eigenvalue weighted by Gasteiger charge is -2.17. The normalized spacial score (nSPS) is 13.1. The maximum absolute atomic E-state index is 12.3. The fourth-order valence-corrected chi connectivity index (χ4v) is 3.48. The number of nitrogens with zero attached hydrogens (tertiary/aromatic N) is 1. The molecule has 0 heterocycles. The van der Waals surface area contributed by atoms with Crippen molar-refractivity contribution in [3.8, 4) is 0 Å². The van der Waals surface area contributed by atoms with Gasteiger partial charge < -0.3 is 5.11 Å². The standard InChI is InChI=1S/C13H18N2O6S/c1-8(2)7-10(13(16)17)14-22(20,21)12-6-4-5-11(9(12)3)15(18)19/h4-6,8,10,14H,7H2,1-3H3,(H,16,17)/t10-/m0/s1. The number of benzene rings is 1. The van der Waals surface area contributed by atoms with Gasteiger partial charge in [-0.2, -0.15) is 4.72 Å². The van der Waals surface area contributed by atoms with Crippen LogP contribution in [0.2, 0.25) is 0 Å². The number of nitro groups is 1. The second-order valence-electron chi connectivity index (χ2n) is 5.30. The van der Waals surface area contributed by atoms with Gasteiger partial charge in [-0.3, -0.25) is 14.9 Å². The Morgan fingerprint density at radius 1 is 1.41 bits per heavy atom. The number of carboxylic acid groups (broad SMARTS) is 1. The van der Waals surface area contributed by atoms with Gasteiger partial charge in [0.05, 0.1) is 9.82 Å². The maximum atomic E-state index is 12.3. The summed E-state index contributed by atoms with van der Waals surface area (Å²) in [5.74, 6) is -1.32. The second kappa shape index (κ2) is 6.84. The molecule has 22 heavy (non-hydrogen) atoms. The van der Waals surface area contributed by atoms with Gasteiger partial charge in [0.1, 0.15) is 6.04 Å². The van der Waals surface area contributed by atoms with Crippen LogP contribution >= 0.6 is 0 Å². The van der Waals surface area contributed by atoms with Crippen LogP contribution in [-0.2, 0) is 14.8 Å². The smallest absolute Gasteiger partial charge is 0.321 e. The molecule has 1 aromatic rings. The zero-order chi connectivity index (χ0) is 17.1. The lowest BCUT2D eigenvalue weighted by atomic mass is 10.1. The minimum absolute atomic E-state index is 0.0324. The van der Waals surface area contributed by atoms with Crippen LogP contribution in [0.4, 0.5) is 5.69 Å². The lowest BCUT2D eigenvalue weighted by molar-refractivity contribution is -0.385. The summed E-state index contributed by atoms with van der Waals surface area (Å²) in [6.45, 7) is 4.84. The molecule has 0 saturated heterocycles. The van der Waals surface area contributed by atoms with Crippen molar-refractivity contribution in [1.82, 2.24) is 4.72 Å². The van der Waals surface area contributed by atoms with Gasteiger partial charge in [-0.15, -0.1) is 0 Å². The SMILES string of the molecule is Cc1c([N+](=O)[O-])cccc1S(=O)(=O)N[C@@H](CC(C)C)C(=O)O. The Kier molecular flexibility index (Phi) is 5.61. The van der Waals surface area contributed by atoms with Crippen LogP contribution in [0.5, 0.6) is 0 Å². The fourth-order valence-electron chi connectivity index (χ4n) is 2.01. The molecule has 122 valence electrons. The monoisotopic (exact) mass is 330 g/mol. The Balaban J connectivity index is 3.22. The highest BCUT2D eigenvalue weighted by molar-refractivity contribution is 7.89. The summed E-state index contributed by atoms with van der Waals surface area (Å²) in [6, 6.07) is 2.36. The first kappa shape index (κ1) is 18.1. The molecule has 0 aromatic heterocycles. The van der Waals surface area contributed by atoms with Gasteiger partial charge in [0.2, 0.25) is 10.0 Å². The molecular weight excluding hydrogens is 312 g/mol. The van der Waals surface area contributed by atoms with E-state index in [-0.39, 0.29) is 28.5 Å². The molecule has 0 saturated carbocycles. The van der Waals surface area contributed by atoms with Gasteiger partial charge in [0, 0.05) is 11.6 Å². The highest BCUT2D eigenvalue weighted by atomic mass is 32.2. The average Bonchev–Trinajstić information content (AvgIpc) is 2.36. The lowest BCUT2D eigenvalue weighted by Crippen LogP contribution is -2.41. The van der Waals surface area contributed by atoms with Gasteiger partial charge in [0.25, 0.3) is 5.69 Å². The van der Waals surface area contributed by atoms with Crippen LogP contribution < -0.4 is 4.72 Å². The quantitative estimate of drug-likeness (QED) is 0.578. The third kappa shape index (κ3) is 4.25. The van der Waals surface area contributed by atoms with Crippen molar-refractivity contribution in [3.63, 3.8) is 0 Å². The molecule has 1 atom stereocenters. The van der Waals surface area contributed by atoms with E-state index in [4.69, 9.17) is 5.11 Å². The molecule has 0 spiro atoms. The van der Waals surface area contributed by atoms with E-state index in [2.05, 4.69) is 4.72 Å². The van der Waals surface area contributed by atoms with Crippen LogP contribution in [-0.4, -0.2) is 30.5 Å². The summed E-state index contributed by atoms with van der Waals surface area (Å²) < 4.78 is 26.8. The molecule has 0 aliphatic rings. The van der Waals surface area contributed by atoms with E-state index in [1.54, 1.807) is 13.8 Å². The number of aliphatic carboxylic acids is 1. The Hall–Kier alpha value is -2.00. The molecule has 0 fully saturated rings. The highest BCUT2D eigenvalue weighted by Crippen LogP contribution is 2.25. The molecule has 1 aromatic carbocycles. The Labute approximate surface area is 128 Å². The van der Waals surface area contributed by atoms with Crippen LogP contribution in [0, 0.1) is 23.0 Å². The Bertz CT molecular complexity index is 684. The molecule has 0 unspecified atom stereocenters. The van der Waals surface area contributed by atoms with Gasteiger partial charge in [-0.25, -0.2) is 8.42 Å². The molecule has 0 bridgehead atoms. The number of carbonyl (C=O) groups is 1. The molecule has 0 aliphatic heterocycles. The van der Waals surface area contributed by atoms with Crippen molar-refractivity contribution in [3.05, 3.63) is 33.9 Å². The van der Waals surface area contributed by atoms with Crippen molar-refractivity contribution in [2.24, 2.45) is 5.92 Å². The zero-order valence-corrected chi connectivity index (χ0v) is 13.3. The summed E-state index contributed by atoms with van der Waals surface area (Å²) >= 11 is 0. The Morgan fingerprint density at radius 3 is 2.45 bits per heavy atom. The third-order valence-corrected chi connectivity index (χ3v) is 4.66. The molecular formula is C13H18N2O6S. The molecule has 0 radical (unpaired) electrons. The van der Waals surface area contributed by atoms with Crippen LogP contribution in [0.1, 0.15) is 25.8 Å². The van der Waals surface area contributed by atoms with Crippen LogP contribution in [0.3, 0.4) is 0 Å². The number of rotatable bonds is 7. The van der Waals surface area contributed by atoms with Crippen LogP contribution in [0.25, 0.3) is 0 Å².